The lowest BCUT2D eigenvalue weighted by Gasteiger charge is -2.04. The first kappa shape index (κ1) is 12.0. The van der Waals surface area contributed by atoms with Crippen molar-refractivity contribution in [2.45, 2.75) is 6.54 Å². The number of phenolic OH excluding ortho intramolecular Hbond substituents is 1. The Morgan fingerprint density at radius 1 is 1.21 bits per heavy atom. The van der Waals surface area contributed by atoms with Gasteiger partial charge in [-0.05, 0) is 35.0 Å². The van der Waals surface area contributed by atoms with Gasteiger partial charge in [-0.2, -0.15) is 4.98 Å². The number of phenols is 1. The summed E-state index contributed by atoms with van der Waals surface area (Å²) in [5, 5.41) is 16.2. The van der Waals surface area contributed by atoms with Crippen LogP contribution in [0.5, 0.6) is 5.75 Å². The topological polar surface area (TPSA) is 85.2 Å². The van der Waals surface area contributed by atoms with E-state index in [0.29, 0.717) is 22.3 Å². The van der Waals surface area contributed by atoms with Crippen molar-refractivity contribution in [2.75, 3.05) is 0 Å². The van der Waals surface area contributed by atoms with Crippen molar-refractivity contribution in [3.63, 3.8) is 0 Å². The molecule has 0 saturated heterocycles. The van der Waals surface area contributed by atoms with Gasteiger partial charge in [0.25, 0.3) is 0 Å². The van der Waals surface area contributed by atoms with Gasteiger partial charge in [-0.3, -0.25) is 0 Å². The van der Waals surface area contributed by atoms with E-state index in [-0.39, 0.29) is 12.3 Å². The third-order valence-electron chi connectivity index (χ3n) is 2.80. The summed E-state index contributed by atoms with van der Waals surface area (Å²) < 4.78 is 4.94. The number of aromatic nitrogens is 2. The Bertz CT molecular complexity index is 755. The maximum atomic E-state index is 10.0. The average molecular weight is 276 g/mol. The summed E-state index contributed by atoms with van der Waals surface area (Å²) in [6.07, 6.45) is 0. The smallest absolute Gasteiger partial charge is 0.240 e. The van der Waals surface area contributed by atoms with Crippen LogP contribution in [0.2, 0.25) is 5.02 Å². The quantitative estimate of drug-likeness (QED) is 0.751. The van der Waals surface area contributed by atoms with Crippen LogP contribution in [0.1, 0.15) is 5.89 Å². The molecule has 0 atom stereocenters. The first-order valence-corrected chi connectivity index (χ1v) is 6.00. The molecule has 0 unspecified atom stereocenters. The number of hydrogen-bond acceptors (Lipinski definition) is 5. The van der Waals surface area contributed by atoms with Crippen molar-refractivity contribution in [3.05, 3.63) is 41.2 Å². The van der Waals surface area contributed by atoms with E-state index in [1.165, 1.54) is 0 Å². The van der Waals surface area contributed by atoms with Gasteiger partial charge < -0.3 is 15.4 Å². The number of benzene rings is 2. The van der Waals surface area contributed by atoms with Crippen LogP contribution in [0.3, 0.4) is 0 Å². The maximum Gasteiger partial charge on any atom is 0.240 e. The molecule has 0 amide bonds. The monoisotopic (exact) mass is 275 g/mol. The van der Waals surface area contributed by atoms with Gasteiger partial charge in [0, 0.05) is 5.02 Å². The number of hydrogen-bond donors (Lipinski definition) is 2. The molecule has 3 aromatic rings. The highest BCUT2D eigenvalue weighted by atomic mass is 35.5. The Labute approximate surface area is 113 Å². The molecule has 1 aromatic heterocycles. The summed E-state index contributed by atoms with van der Waals surface area (Å²) in [5.74, 6) is 0.708. The van der Waals surface area contributed by atoms with Gasteiger partial charge in [0.05, 0.1) is 12.1 Å². The van der Waals surface area contributed by atoms with E-state index in [1.807, 2.05) is 12.1 Å². The number of rotatable bonds is 2. The highest BCUT2D eigenvalue weighted by molar-refractivity contribution is 6.31. The number of aromatic hydroxyl groups is 1. The van der Waals surface area contributed by atoms with Gasteiger partial charge in [0.2, 0.25) is 11.7 Å². The third kappa shape index (κ3) is 2.14. The molecule has 0 fully saturated rings. The van der Waals surface area contributed by atoms with Crippen LogP contribution < -0.4 is 5.73 Å². The summed E-state index contributed by atoms with van der Waals surface area (Å²) in [6.45, 7) is 0.160. The molecule has 1 heterocycles. The highest BCUT2D eigenvalue weighted by Gasteiger charge is 2.13. The van der Waals surface area contributed by atoms with Crippen molar-refractivity contribution in [1.29, 1.82) is 0 Å². The Hall–Kier alpha value is -2.11. The van der Waals surface area contributed by atoms with E-state index in [4.69, 9.17) is 21.9 Å². The number of nitrogens with two attached hydrogens (primary N) is 1. The molecule has 6 heteroatoms. The standard InChI is InChI=1S/C13H10ClN3O2/c14-9-2-1-7-5-11(18)10(4-8(7)3-9)13-16-12(6-15)19-17-13/h1-5,18H,6,15H2. The van der Waals surface area contributed by atoms with Gasteiger partial charge in [0.15, 0.2) is 0 Å². The summed E-state index contributed by atoms with van der Waals surface area (Å²) in [6, 6.07) is 8.82. The average Bonchev–Trinajstić information content (AvgIpc) is 2.87. The van der Waals surface area contributed by atoms with Crippen molar-refractivity contribution in [1.82, 2.24) is 10.1 Å². The minimum absolute atomic E-state index is 0.0826. The van der Waals surface area contributed by atoms with E-state index in [1.54, 1.807) is 18.2 Å². The molecule has 2 aromatic carbocycles. The van der Waals surface area contributed by atoms with Crippen molar-refractivity contribution >= 4 is 22.4 Å². The number of nitrogens with zero attached hydrogens (tertiary/aromatic N) is 2. The van der Waals surface area contributed by atoms with E-state index in [2.05, 4.69) is 10.1 Å². The first-order valence-electron chi connectivity index (χ1n) is 5.62. The summed E-state index contributed by atoms with van der Waals surface area (Å²) in [5.41, 5.74) is 5.90. The van der Waals surface area contributed by atoms with Gasteiger partial charge in [-0.1, -0.05) is 22.8 Å². The van der Waals surface area contributed by atoms with Gasteiger partial charge in [-0.15, -0.1) is 0 Å². The molecular weight excluding hydrogens is 266 g/mol. The first-order chi connectivity index (χ1) is 9.17. The molecule has 96 valence electrons. The van der Waals surface area contributed by atoms with Crippen LogP contribution >= 0.6 is 11.6 Å². The molecule has 0 aliphatic carbocycles. The van der Waals surface area contributed by atoms with E-state index in [0.717, 1.165) is 10.8 Å². The Morgan fingerprint density at radius 2 is 2.05 bits per heavy atom. The summed E-state index contributed by atoms with van der Waals surface area (Å²) in [7, 11) is 0. The summed E-state index contributed by atoms with van der Waals surface area (Å²) in [4.78, 5) is 4.09. The van der Waals surface area contributed by atoms with Crippen molar-refractivity contribution < 1.29 is 9.63 Å². The predicted molar refractivity (Wildman–Crippen MR) is 71.8 cm³/mol. The number of halogens is 1. The van der Waals surface area contributed by atoms with Crippen molar-refractivity contribution in [2.24, 2.45) is 5.73 Å². The third-order valence-corrected chi connectivity index (χ3v) is 3.04. The van der Waals surface area contributed by atoms with Crippen LogP contribution in [-0.2, 0) is 6.54 Å². The van der Waals surface area contributed by atoms with Gasteiger partial charge in [0.1, 0.15) is 5.75 Å². The van der Waals surface area contributed by atoms with Crippen LogP contribution in [0.4, 0.5) is 0 Å². The Balaban J connectivity index is 2.19. The lowest BCUT2D eigenvalue weighted by molar-refractivity contribution is 0.380. The van der Waals surface area contributed by atoms with Crippen LogP contribution in [0.15, 0.2) is 34.9 Å². The van der Waals surface area contributed by atoms with Gasteiger partial charge >= 0.3 is 0 Å². The zero-order valence-corrected chi connectivity index (χ0v) is 10.6. The zero-order valence-electron chi connectivity index (χ0n) is 9.80. The van der Waals surface area contributed by atoms with E-state index in [9.17, 15) is 5.11 Å². The minimum Gasteiger partial charge on any atom is -0.507 e. The Kier molecular flexibility index (Phi) is 2.85. The summed E-state index contributed by atoms with van der Waals surface area (Å²) >= 11 is 5.95. The molecule has 0 spiro atoms. The fraction of sp³-hybridized carbons (Fsp3) is 0.0769. The lowest BCUT2D eigenvalue weighted by atomic mass is 10.1. The fourth-order valence-corrected chi connectivity index (χ4v) is 2.06. The highest BCUT2D eigenvalue weighted by Crippen LogP contribution is 2.32. The van der Waals surface area contributed by atoms with Crippen LogP contribution in [0.25, 0.3) is 22.2 Å². The van der Waals surface area contributed by atoms with Crippen LogP contribution in [0, 0.1) is 0 Å². The molecular formula is C13H10ClN3O2. The molecule has 0 aliphatic heterocycles. The molecule has 0 bridgehead atoms. The molecule has 0 radical (unpaired) electrons. The maximum absolute atomic E-state index is 10.0. The second-order valence-corrected chi connectivity index (χ2v) is 4.51. The molecule has 0 aliphatic rings. The van der Waals surface area contributed by atoms with Crippen molar-refractivity contribution in [3.8, 4) is 17.1 Å². The van der Waals surface area contributed by atoms with Crippen LogP contribution in [-0.4, -0.2) is 15.2 Å². The number of fused-ring (bicyclic) bond motifs is 1. The molecule has 3 N–H and O–H groups in total. The zero-order chi connectivity index (χ0) is 13.4. The fourth-order valence-electron chi connectivity index (χ4n) is 1.88. The Morgan fingerprint density at radius 3 is 2.79 bits per heavy atom. The van der Waals surface area contributed by atoms with E-state index < -0.39 is 0 Å². The van der Waals surface area contributed by atoms with E-state index >= 15 is 0 Å². The largest absolute Gasteiger partial charge is 0.507 e. The molecule has 5 nitrogen and oxygen atoms in total. The lowest BCUT2D eigenvalue weighted by Crippen LogP contribution is -1.95. The normalized spacial score (nSPS) is 11.1. The molecule has 19 heavy (non-hydrogen) atoms. The molecule has 0 saturated carbocycles. The second kappa shape index (κ2) is 4.53. The SMILES string of the molecule is NCc1nc(-c2cc3cc(Cl)ccc3cc2O)no1. The van der Waals surface area contributed by atoms with Gasteiger partial charge in [-0.25, -0.2) is 0 Å². The predicted octanol–water partition coefficient (Wildman–Crippen LogP) is 2.71. The minimum atomic E-state index is 0.0826. The molecule has 3 rings (SSSR count). The second-order valence-electron chi connectivity index (χ2n) is 4.08.